The number of methoxy groups -OCH3 is 1. The molecule has 3 heterocycles. The van der Waals surface area contributed by atoms with Crippen LogP contribution < -0.4 is 20.1 Å². The number of piperidine rings is 1. The molecular weight excluding hydrogens is 722 g/mol. The first-order valence-corrected chi connectivity index (χ1v) is 20.0. The van der Waals surface area contributed by atoms with Crippen LogP contribution in [0.1, 0.15) is 65.7 Å². The van der Waals surface area contributed by atoms with Crippen LogP contribution in [0, 0.1) is 11.7 Å². The van der Waals surface area contributed by atoms with E-state index in [9.17, 15) is 13.8 Å². The predicted molar refractivity (Wildman–Crippen MR) is 205 cm³/mol. The third kappa shape index (κ3) is 12.4. The smallest absolute Gasteiger partial charge is 0.475 e. The lowest BCUT2D eigenvalue weighted by atomic mass is 9.98. The van der Waals surface area contributed by atoms with E-state index in [2.05, 4.69) is 30.5 Å². The van der Waals surface area contributed by atoms with E-state index in [4.69, 9.17) is 23.0 Å². The Balaban J connectivity index is 1.09. The van der Waals surface area contributed by atoms with Gasteiger partial charge in [0.2, 0.25) is 5.91 Å². The first-order valence-electron chi connectivity index (χ1n) is 17.7. The minimum atomic E-state index is -3.73. The molecule has 0 saturated carbocycles. The van der Waals surface area contributed by atoms with E-state index in [0.29, 0.717) is 51.4 Å². The number of para-hydroxylation sites is 1. The number of hydrogen-bond acceptors (Lipinski definition) is 13. The fourth-order valence-corrected chi connectivity index (χ4v) is 8.37. The summed E-state index contributed by atoms with van der Waals surface area (Å²) in [6.45, 7) is 14.5. The van der Waals surface area contributed by atoms with Gasteiger partial charge in [-0.3, -0.25) is 18.4 Å². The van der Waals surface area contributed by atoms with Crippen molar-refractivity contribution in [1.82, 2.24) is 19.9 Å². The van der Waals surface area contributed by atoms with Crippen LogP contribution >= 0.6 is 19.2 Å². The average molecular weight is 773 g/mol. The van der Waals surface area contributed by atoms with Crippen LogP contribution in [0.2, 0.25) is 0 Å². The summed E-state index contributed by atoms with van der Waals surface area (Å²) in [5, 5.41) is 7.07. The highest BCUT2D eigenvalue weighted by Crippen LogP contribution is 2.55. The zero-order valence-corrected chi connectivity index (χ0v) is 33.2. The Kier molecular flexibility index (Phi) is 13.4. The van der Waals surface area contributed by atoms with Crippen molar-refractivity contribution < 1.29 is 36.8 Å². The van der Waals surface area contributed by atoms with Crippen molar-refractivity contribution in [2.75, 3.05) is 50.6 Å². The molecule has 1 aliphatic heterocycles. The number of carbonyl (C=O) groups excluding carboxylic acids is 1. The van der Waals surface area contributed by atoms with Crippen LogP contribution in [0.25, 0.3) is 10.9 Å². The van der Waals surface area contributed by atoms with Crippen LogP contribution in [0.3, 0.4) is 0 Å². The van der Waals surface area contributed by atoms with E-state index in [1.54, 1.807) is 25.4 Å². The molecule has 4 aromatic rings. The quantitative estimate of drug-likeness (QED) is 0.0833. The van der Waals surface area contributed by atoms with Crippen molar-refractivity contribution >= 4 is 52.6 Å². The lowest BCUT2D eigenvalue weighted by Gasteiger charge is -2.34. The summed E-state index contributed by atoms with van der Waals surface area (Å²) < 4.78 is 56.5. The normalized spacial score (nSPS) is 14.7. The van der Waals surface area contributed by atoms with E-state index < -0.39 is 24.8 Å². The summed E-state index contributed by atoms with van der Waals surface area (Å²) in [4.78, 5) is 28.9. The van der Waals surface area contributed by atoms with Crippen LogP contribution in [0.15, 0.2) is 48.9 Å². The van der Waals surface area contributed by atoms with Crippen molar-refractivity contribution in [3.63, 3.8) is 0 Å². The Morgan fingerprint density at radius 1 is 1.02 bits per heavy atom. The summed E-state index contributed by atoms with van der Waals surface area (Å²) in [6.07, 6.45) is 5.78. The van der Waals surface area contributed by atoms with Crippen molar-refractivity contribution in [1.29, 1.82) is 0 Å². The minimum Gasteiger partial charge on any atom is -0.493 e. The first-order chi connectivity index (χ1) is 25.1. The van der Waals surface area contributed by atoms with Gasteiger partial charge >= 0.3 is 7.82 Å². The molecule has 0 aliphatic carbocycles. The van der Waals surface area contributed by atoms with Gasteiger partial charge in [0.05, 0.1) is 49.2 Å². The zero-order valence-electron chi connectivity index (χ0n) is 31.4. The number of carbonyl (C=O) groups is 1. The van der Waals surface area contributed by atoms with Gasteiger partial charge < -0.3 is 25.0 Å². The molecule has 0 bridgehead atoms. The molecule has 1 saturated heterocycles. The molecule has 0 spiro atoms. The molecule has 16 heteroatoms. The standard InChI is InChI=1S/C37H50FN6O7PS/c1-36(2,3)50-52(46,51-37(4,5)6)49-23-25-13-16-44(17-14-25)15-10-18-48-32-21-30-27(20-31(32)47-7)34(41-24-40-30)43-35-39-22-26(53-35)19-33(45)42-29-12-9-8-11-28(29)38/h8-9,11-12,20-22,24-25H,10,13-19,23H2,1-7H3,(H,42,45)(H,39,40,41,43). The third-order valence-corrected chi connectivity index (χ3v) is 10.9. The molecule has 0 unspecified atom stereocenters. The topological polar surface area (TPSA) is 146 Å². The molecule has 53 heavy (non-hydrogen) atoms. The number of anilines is 3. The number of likely N-dealkylation sites (tertiary alicyclic amines) is 1. The Hall–Kier alpha value is -3.72. The number of benzene rings is 2. The second-order valence-electron chi connectivity index (χ2n) is 14.8. The predicted octanol–water partition coefficient (Wildman–Crippen LogP) is 8.39. The molecule has 0 atom stereocenters. The Bertz CT molecular complexity index is 1870. The Morgan fingerprint density at radius 2 is 1.74 bits per heavy atom. The van der Waals surface area contributed by atoms with E-state index in [1.807, 2.05) is 53.7 Å². The number of amides is 1. The van der Waals surface area contributed by atoms with Crippen molar-refractivity contribution in [2.45, 2.75) is 78.4 Å². The van der Waals surface area contributed by atoms with Crippen LogP contribution in [0.4, 0.5) is 21.0 Å². The molecule has 13 nitrogen and oxygen atoms in total. The van der Waals surface area contributed by atoms with Gasteiger partial charge in [0, 0.05) is 29.1 Å². The summed E-state index contributed by atoms with van der Waals surface area (Å²) in [7, 11) is -2.14. The lowest BCUT2D eigenvalue weighted by molar-refractivity contribution is -0.115. The maximum atomic E-state index is 13.9. The van der Waals surface area contributed by atoms with Gasteiger partial charge in [0.15, 0.2) is 16.6 Å². The van der Waals surface area contributed by atoms with Crippen LogP contribution in [-0.4, -0.2) is 76.9 Å². The number of phosphoric ester groups is 1. The van der Waals surface area contributed by atoms with Crippen molar-refractivity contribution in [3.8, 4) is 11.5 Å². The molecule has 5 rings (SSSR count). The Labute approximate surface area is 314 Å². The molecule has 2 N–H and O–H groups in total. The van der Waals surface area contributed by atoms with E-state index in [-0.39, 0.29) is 23.9 Å². The highest BCUT2D eigenvalue weighted by atomic mass is 32.1. The fraction of sp³-hybridized carbons (Fsp3) is 0.514. The number of rotatable bonds is 16. The monoisotopic (exact) mass is 772 g/mol. The molecule has 1 amide bonds. The van der Waals surface area contributed by atoms with E-state index >= 15 is 0 Å². The SMILES string of the molecule is COc1cc2c(Nc3ncc(CC(=O)Nc4ccccc4F)s3)ncnc2cc1OCCCN1CCC(COP(=O)(OC(C)(C)C)OC(C)(C)C)CC1. The molecule has 2 aromatic heterocycles. The summed E-state index contributed by atoms with van der Waals surface area (Å²) in [5.41, 5.74) is -0.537. The fourth-order valence-electron chi connectivity index (χ4n) is 5.69. The van der Waals surface area contributed by atoms with Crippen LogP contribution in [-0.2, 0) is 29.4 Å². The number of phosphoric acid groups is 1. The van der Waals surface area contributed by atoms with Gasteiger partial charge in [-0.25, -0.2) is 23.9 Å². The van der Waals surface area contributed by atoms with Gasteiger partial charge in [0.25, 0.3) is 0 Å². The number of nitrogens with zero attached hydrogens (tertiary/aromatic N) is 4. The van der Waals surface area contributed by atoms with Gasteiger partial charge in [-0.15, -0.1) is 11.3 Å². The van der Waals surface area contributed by atoms with Gasteiger partial charge in [-0.1, -0.05) is 12.1 Å². The number of nitrogens with one attached hydrogen (secondary N) is 2. The van der Waals surface area contributed by atoms with E-state index in [1.165, 1.54) is 29.8 Å². The number of thiazole rings is 1. The molecular formula is C37H50FN6O7PS. The van der Waals surface area contributed by atoms with Gasteiger partial charge in [-0.05, 0) is 98.0 Å². The average Bonchev–Trinajstić information content (AvgIpc) is 3.51. The summed E-state index contributed by atoms with van der Waals surface area (Å²) in [5.74, 6) is 1.08. The summed E-state index contributed by atoms with van der Waals surface area (Å²) in [6, 6.07) is 9.69. The Morgan fingerprint density at radius 3 is 2.42 bits per heavy atom. The number of hydrogen-bond donors (Lipinski definition) is 2. The van der Waals surface area contributed by atoms with Crippen molar-refractivity contribution in [2.24, 2.45) is 5.92 Å². The van der Waals surface area contributed by atoms with Gasteiger partial charge in [-0.2, -0.15) is 0 Å². The molecule has 1 aliphatic rings. The van der Waals surface area contributed by atoms with E-state index in [0.717, 1.165) is 38.9 Å². The summed E-state index contributed by atoms with van der Waals surface area (Å²) >= 11 is 1.30. The number of halogens is 1. The maximum Gasteiger partial charge on any atom is 0.475 e. The van der Waals surface area contributed by atoms with Gasteiger partial charge in [0.1, 0.15) is 18.0 Å². The maximum absolute atomic E-state index is 13.9. The number of fused-ring (bicyclic) bond motifs is 1. The van der Waals surface area contributed by atoms with Crippen molar-refractivity contribution in [3.05, 3.63) is 59.6 Å². The highest BCUT2D eigenvalue weighted by molar-refractivity contribution is 7.48. The third-order valence-electron chi connectivity index (χ3n) is 8.01. The first kappa shape index (κ1) is 40.5. The van der Waals surface area contributed by atoms with Crippen LogP contribution in [0.5, 0.6) is 11.5 Å². The second-order valence-corrected chi connectivity index (χ2v) is 17.5. The molecule has 1 fully saturated rings. The number of aromatic nitrogens is 3. The molecule has 2 aromatic carbocycles. The molecule has 288 valence electrons. The minimum absolute atomic E-state index is 0.0471. The highest BCUT2D eigenvalue weighted by Gasteiger charge is 2.38. The zero-order chi connectivity index (χ0) is 38.2. The lowest BCUT2D eigenvalue weighted by Crippen LogP contribution is -2.36. The molecule has 0 radical (unpaired) electrons. The second kappa shape index (κ2) is 17.6. The number of ether oxygens (including phenoxy) is 2. The largest absolute Gasteiger partial charge is 0.493 e.